The van der Waals surface area contributed by atoms with E-state index >= 15 is 0 Å². The van der Waals surface area contributed by atoms with E-state index in [4.69, 9.17) is 5.73 Å². The summed E-state index contributed by atoms with van der Waals surface area (Å²) in [5, 5.41) is 4.85. The lowest BCUT2D eigenvalue weighted by atomic mass is 10.1. The van der Waals surface area contributed by atoms with Gasteiger partial charge in [0.25, 0.3) is 5.91 Å². The normalized spacial score (nSPS) is 9.65. The first kappa shape index (κ1) is 14.3. The van der Waals surface area contributed by atoms with Crippen LogP contribution in [0.3, 0.4) is 0 Å². The van der Waals surface area contributed by atoms with Gasteiger partial charge in [0.05, 0.1) is 17.7 Å². The molecule has 0 fully saturated rings. The van der Waals surface area contributed by atoms with Gasteiger partial charge in [-0.2, -0.15) is 0 Å². The SMILES string of the molecule is NCC#Cc1ccc(C(=O)NCCc2cscn2)cc1. The van der Waals surface area contributed by atoms with E-state index < -0.39 is 0 Å². The number of hydrogen-bond acceptors (Lipinski definition) is 4. The molecule has 2 aromatic rings. The first-order valence-corrected chi connectivity index (χ1v) is 7.18. The number of hydrogen-bond donors (Lipinski definition) is 2. The third-order valence-electron chi connectivity index (χ3n) is 2.63. The molecule has 102 valence electrons. The second-order valence-electron chi connectivity index (χ2n) is 4.07. The number of carbonyl (C=O) groups is 1. The van der Waals surface area contributed by atoms with Gasteiger partial charge >= 0.3 is 0 Å². The number of carbonyl (C=O) groups excluding carboxylic acids is 1. The Bertz CT molecular complexity index is 609. The van der Waals surface area contributed by atoms with Crippen molar-refractivity contribution in [1.29, 1.82) is 0 Å². The molecule has 0 unspecified atom stereocenters. The quantitative estimate of drug-likeness (QED) is 0.835. The van der Waals surface area contributed by atoms with E-state index in [-0.39, 0.29) is 5.91 Å². The molecule has 2 rings (SSSR count). The summed E-state index contributed by atoms with van der Waals surface area (Å²) in [4.78, 5) is 16.1. The van der Waals surface area contributed by atoms with Crippen molar-refractivity contribution >= 4 is 17.2 Å². The van der Waals surface area contributed by atoms with Gasteiger partial charge in [0.2, 0.25) is 0 Å². The van der Waals surface area contributed by atoms with Crippen molar-refractivity contribution in [3.63, 3.8) is 0 Å². The van der Waals surface area contributed by atoms with Gasteiger partial charge in [-0.1, -0.05) is 11.8 Å². The van der Waals surface area contributed by atoms with Crippen molar-refractivity contribution in [1.82, 2.24) is 10.3 Å². The smallest absolute Gasteiger partial charge is 0.251 e. The van der Waals surface area contributed by atoms with Gasteiger partial charge in [-0.3, -0.25) is 4.79 Å². The molecule has 4 nitrogen and oxygen atoms in total. The fraction of sp³-hybridized carbons (Fsp3) is 0.200. The van der Waals surface area contributed by atoms with Gasteiger partial charge in [-0.15, -0.1) is 11.3 Å². The largest absolute Gasteiger partial charge is 0.352 e. The lowest BCUT2D eigenvalue weighted by molar-refractivity contribution is 0.0954. The van der Waals surface area contributed by atoms with Crippen LogP contribution in [0.15, 0.2) is 35.2 Å². The average molecular weight is 285 g/mol. The summed E-state index contributed by atoms with van der Waals surface area (Å²) in [5.41, 5.74) is 9.58. The zero-order valence-electron chi connectivity index (χ0n) is 10.9. The topological polar surface area (TPSA) is 68.0 Å². The number of benzene rings is 1. The number of nitrogens with one attached hydrogen (secondary N) is 1. The van der Waals surface area contributed by atoms with Crippen LogP contribution in [0.4, 0.5) is 0 Å². The van der Waals surface area contributed by atoms with Crippen molar-refractivity contribution in [2.24, 2.45) is 5.73 Å². The molecule has 0 aliphatic rings. The monoisotopic (exact) mass is 285 g/mol. The Balaban J connectivity index is 1.85. The molecule has 0 atom stereocenters. The minimum Gasteiger partial charge on any atom is -0.352 e. The van der Waals surface area contributed by atoms with E-state index in [1.165, 1.54) is 0 Å². The molecule has 0 aliphatic heterocycles. The van der Waals surface area contributed by atoms with Crippen LogP contribution in [0.5, 0.6) is 0 Å². The Morgan fingerprint density at radius 1 is 1.35 bits per heavy atom. The number of rotatable bonds is 4. The van der Waals surface area contributed by atoms with Crippen LogP contribution >= 0.6 is 11.3 Å². The molecular formula is C15H15N3OS. The van der Waals surface area contributed by atoms with Crippen LogP contribution in [0.1, 0.15) is 21.6 Å². The van der Waals surface area contributed by atoms with Crippen molar-refractivity contribution in [2.45, 2.75) is 6.42 Å². The zero-order valence-corrected chi connectivity index (χ0v) is 11.7. The highest BCUT2D eigenvalue weighted by Crippen LogP contribution is 2.04. The lowest BCUT2D eigenvalue weighted by Gasteiger charge is -2.04. The van der Waals surface area contributed by atoms with Gasteiger partial charge in [-0.25, -0.2) is 4.98 Å². The Morgan fingerprint density at radius 2 is 2.15 bits per heavy atom. The first-order chi connectivity index (χ1) is 9.79. The van der Waals surface area contributed by atoms with E-state index in [0.29, 0.717) is 18.7 Å². The van der Waals surface area contributed by atoms with Crippen molar-refractivity contribution in [3.8, 4) is 11.8 Å². The minimum absolute atomic E-state index is 0.0847. The van der Waals surface area contributed by atoms with Crippen LogP contribution in [0.25, 0.3) is 0 Å². The van der Waals surface area contributed by atoms with Gasteiger partial charge in [0, 0.05) is 29.5 Å². The van der Waals surface area contributed by atoms with Crippen molar-refractivity contribution in [3.05, 3.63) is 52.0 Å². The van der Waals surface area contributed by atoms with Gasteiger partial charge in [0.15, 0.2) is 0 Å². The molecular weight excluding hydrogens is 270 g/mol. The zero-order chi connectivity index (χ0) is 14.2. The third kappa shape index (κ3) is 4.19. The number of amides is 1. The second-order valence-corrected chi connectivity index (χ2v) is 4.79. The Labute approximate surface area is 122 Å². The van der Waals surface area contributed by atoms with Gasteiger partial charge in [0.1, 0.15) is 0 Å². The summed E-state index contributed by atoms with van der Waals surface area (Å²) in [7, 11) is 0. The maximum Gasteiger partial charge on any atom is 0.251 e. The fourth-order valence-electron chi connectivity index (χ4n) is 1.63. The van der Waals surface area contributed by atoms with Crippen molar-refractivity contribution in [2.75, 3.05) is 13.1 Å². The highest BCUT2D eigenvalue weighted by molar-refractivity contribution is 7.07. The summed E-state index contributed by atoms with van der Waals surface area (Å²) in [6.07, 6.45) is 0.745. The Kier molecular flexibility index (Phi) is 5.30. The summed E-state index contributed by atoms with van der Waals surface area (Å²) in [5.74, 6) is 5.61. The van der Waals surface area contributed by atoms with Crippen LogP contribution in [-0.4, -0.2) is 24.0 Å². The number of thiazole rings is 1. The molecule has 1 aromatic carbocycles. The molecule has 0 saturated carbocycles. The molecule has 0 spiro atoms. The summed E-state index contributed by atoms with van der Waals surface area (Å²) < 4.78 is 0. The van der Waals surface area contributed by atoms with Gasteiger partial charge in [-0.05, 0) is 24.3 Å². The van der Waals surface area contributed by atoms with E-state index in [1.807, 2.05) is 17.5 Å². The Morgan fingerprint density at radius 3 is 2.80 bits per heavy atom. The number of nitrogens with two attached hydrogens (primary N) is 1. The molecule has 0 radical (unpaired) electrons. The lowest BCUT2D eigenvalue weighted by Crippen LogP contribution is -2.25. The minimum atomic E-state index is -0.0847. The fourth-order valence-corrected chi connectivity index (χ4v) is 2.22. The summed E-state index contributed by atoms with van der Waals surface area (Å²) in [6, 6.07) is 7.16. The molecule has 5 heteroatoms. The van der Waals surface area contributed by atoms with Crippen molar-refractivity contribution < 1.29 is 4.79 Å². The number of aromatic nitrogens is 1. The summed E-state index contributed by atoms with van der Waals surface area (Å²) in [6.45, 7) is 0.913. The molecule has 20 heavy (non-hydrogen) atoms. The molecule has 0 saturated heterocycles. The standard InChI is InChI=1S/C15H15N3OS/c16-8-1-2-12-3-5-13(6-4-12)15(19)17-9-7-14-10-20-11-18-14/h3-6,10-11H,7-9,16H2,(H,17,19). The second kappa shape index (κ2) is 7.43. The Hall–Kier alpha value is -2.16. The van der Waals surface area contributed by atoms with Crippen LogP contribution in [0, 0.1) is 11.8 Å². The average Bonchev–Trinajstić information content (AvgIpc) is 2.99. The highest BCUT2D eigenvalue weighted by Gasteiger charge is 2.04. The maximum atomic E-state index is 11.9. The highest BCUT2D eigenvalue weighted by atomic mass is 32.1. The molecule has 3 N–H and O–H groups in total. The van der Waals surface area contributed by atoms with E-state index in [0.717, 1.165) is 17.7 Å². The van der Waals surface area contributed by atoms with E-state index in [9.17, 15) is 4.79 Å². The third-order valence-corrected chi connectivity index (χ3v) is 3.27. The van der Waals surface area contributed by atoms with Crippen LogP contribution in [-0.2, 0) is 6.42 Å². The molecule has 0 aliphatic carbocycles. The summed E-state index contributed by atoms with van der Waals surface area (Å²) >= 11 is 1.56. The van der Waals surface area contributed by atoms with Crippen LogP contribution in [0.2, 0.25) is 0 Å². The molecule has 0 bridgehead atoms. The maximum absolute atomic E-state index is 11.9. The predicted molar refractivity (Wildman–Crippen MR) is 80.5 cm³/mol. The van der Waals surface area contributed by atoms with Gasteiger partial charge < -0.3 is 11.1 Å². The molecule has 1 heterocycles. The van der Waals surface area contributed by atoms with E-state index in [1.54, 1.807) is 29.0 Å². The molecule has 1 aromatic heterocycles. The number of nitrogens with zero attached hydrogens (tertiary/aromatic N) is 1. The molecule has 1 amide bonds. The predicted octanol–water partition coefficient (Wildman–Crippen LogP) is 1.43. The first-order valence-electron chi connectivity index (χ1n) is 6.24. The van der Waals surface area contributed by atoms with Crippen LogP contribution < -0.4 is 11.1 Å². The van der Waals surface area contributed by atoms with E-state index in [2.05, 4.69) is 22.1 Å².